The minimum Gasteiger partial charge on any atom is -0.492 e. The van der Waals surface area contributed by atoms with E-state index in [0.717, 1.165) is 12.8 Å². The first-order valence-corrected chi connectivity index (χ1v) is 11.6. The van der Waals surface area contributed by atoms with E-state index in [-0.39, 0.29) is 30.2 Å². The molecule has 2 saturated heterocycles. The molecule has 180 valence electrons. The molecule has 2 aliphatic heterocycles. The van der Waals surface area contributed by atoms with Crippen LogP contribution < -0.4 is 15.4 Å². The van der Waals surface area contributed by atoms with Crippen molar-refractivity contribution < 1.29 is 28.6 Å². The van der Waals surface area contributed by atoms with Crippen LogP contribution in [-0.2, 0) is 19.1 Å². The van der Waals surface area contributed by atoms with E-state index in [2.05, 4.69) is 10.6 Å². The van der Waals surface area contributed by atoms with Crippen LogP contribution >= 0.6 is 12.2 Å². The van der Waals surface area contributed by atoms with Gasteiger partial charge in [0.25, 0.3) is 5.91 Å². The second kappa shape index (κ2) is 11.9. The SMILES string of the molecule is CC(C)COc1ccccc1C(=O)NC(=S)N1CCNC(=O)C1CC(=O)OCC1CCCO1. The fourth-order valence-electron chi connectivity index (χ4n) is 3.61. The fourth-order valence-corrected chi connectivity index (χ4v) is 3.92. The van der Waals surface area contributed by atoms with Crippen molar-refractivity contribution >= 4 is 35.1 Å². The molecule has 0 aliphatic carbocycles. The number of piperazine rings is 1. The van der Waals surface area contributed by atoms with Crippen molar-refractivity contribution in [1.82, 2.24) is 15.5 Å². The van der Waals surface area contributed by atoms with Crippen molar-refractivity contribution in [2.75, 3.05) is 32.9 Å². The molecule has 2 unspecified atom stereocenters. The van der Waals surface area contributed by atoms with Crippen LogP contribution in [0, 0.1) is 5.92 Å². The van der Waals surface area contributed by atoms with Gasteiger partial charge < -0.3 is 24.4 Å². The number of carbonyl (C=O) groups is 3. The van der Waals surface area contributed by atoms with Crippen molar-refractivity contribution in [3.63, 3.8) is 0 Å². The van der Waals surface area contributed by atoms with Gasteiger partial charge in [-0.3, -0.25) is 19.7 Å². The van der Waals surface area contributed by atoms with Crippen molar-refractivity contribution in [1.29, 1.82) is 0 Å². The summed E-state index contributed by atoms with van der Waals surface area (Å²) in [5.41, 5.74) is 0.342. The van der Waals surface area contributed by atoms with Crippen LogP contribution in [-0.4, -0.2) is 72.9 Å². The molecule has 10 heteroatoms. The van der Waals surface area contributed by atoms with Gasteiger partial charge in [-0.15, -0.1) is 0 Å². The molecule has 3 rings (SSSR count). The number of rotatable bonds is 8. The second-order valence-corrected chi connectivity index (χ2v) is 8.87. The Balaban J connectivity index is 1.61. The number of ether oxygens (including phenoxy) is 3. The molecule has 2 heterocycles. The number of hydrogen-bond acceptors (Lipinski definition) is 7. The Morgan fingerprint density at radius 3 is 2.85 bits per heavy atom. The number of esters is 1. The van der Waals surface area contributed by atoms with Crippen LogP contribution in [0.3, 0.4) is 0 Å². The summed E-state index contributed by atoms with van der Waals surface area (Å²) in [4.78, 5) is 39.3. The number of amides is 2. The maximum absolute atomic E-state index is 12.9. The molecule has 2 N–H and O–H groups in total. The van der Waals surface area contributed by atoms with Gasteiger partial charge in [-0.2, -0.15) is 0 Å². The Morgan fingerprint density at radius 1 is 1.33 bits per heavy atom. The van der Waals surface area contributed by atoms with E-state index in [1.807, 2.05) is 13.8 Å². The van der Waals surface area contributed by atoms with Gasteiger partial charge in [-0.05, 0) is 43.1 Å². The van der Waals surface area contributed by atoms with Crippen LogP contribution in [0.4, 0.5) is 0 Å². The Hall–Kier alpha value is -2.72. The zero-order valence-corrected chi connectivity index (χ0v) is 19.8. The summed E-state index contributed by atoms with van der Waals surface area (Å²) >= 11 is 5.44. The number of para-hydroxylation sites is 1. The Bertz CT molecular complexity index is 872. The predicted molar refractivity (Wildman–Crippen MR) is 125 cm³/mol. The number of nitrogens with zero attached hydrogens (tertiary/aromatic N) is 1. The Morgan fingerprint density at radius 2 is 2.12 bits per heavy atom. The van der Waals surface area contributed by atoms with E-state index in [0.29, 0.717) is 43.5 Å². The smallest absolute Gasteiger partial charge is 0.308 e. The average Bonchev–Trinajstić information content (AvgIpc) is 3.31. The maximum atomic E-state index is 12.9. The molecule has 0 aromatic heterocycles. The molecule has 9 nitrogen and oxygen atoms in total. The van der Waals surface area contributed by atoms with Crippen molar-refractivity contribution in [3.8, 4) is 5.75 Å². The number of hydrogen-bond donors (Lipinski definition) is 2. The highest BCUT2D eigenvalue weighted by Gasteiger charge is 2.34. The highest BCUT2D eigenvalue weighted by atomic mass is 32.1. The van der Waals surface area contributed by atoms with Gasteiger partial charge in [0.1, 0.15) is 18.4 Å². The standard InChI is InChI=1S/C23H31N3O6S/c1-15(2)13-31-19-8-4-3-7-17(19)21(28)25-23(33)26-10-9-24-22(29)18(26)12-20(27)32-14-16-6-5-11-30-16/h3-4,7-8,15-16,18H,5-6,9-14H2,1-2H3,(H,24,29)(H,25,28,33). The zero-order chi connectivity index (χ0) is 23.8. The Labute approximate surface area is 199 Å². The van der Waals surface area contributed by atoms with Gasteiger partial charge in [0.15, 0.2) is 5.11 Å². The molecule has 2 atom stereocenters. The quantitative estimate of drug-likeness (QED) is 0.430. The lowest BCUT2D eigenvalue weighted by molar-refractivity contribution is -0.150. The molecule has 0 saturated carbocycles. The first-order valence-electron chi connectivity index (χ1n) is 11.2. The van der Waals surface area contributed by atoms with E-state index in [1.165, 1.54) is 0 Å². The molecule has 1 aromatic rings. The summed E-state index contributed by atoms with van der Waals surface area (Å²) in [6.45, 7) is 6.06. The topological polar surface area (TPSA) is 106 Å². The van der Waals surface area contributed by atoms with Gasteiger partial charge in [-0.1, -0.05) is 26.0 Å². The molecular formula is C23H31N3O6S. The molecular weight excluding hydrogens is 446 g/mol. The summed E-state index contributed by atoms with van der Waals surface area (Å²) in [6.07, 6.45) is 1.52. The first kappa shape index (κ1) is 24.9. The lowest BCUT2D eigenvalue weighted by Gasteiger charge is -2.36. The third-order valence-corrected chi connectivity index (χ3v) is 5.67. The second-order valence-electron chi connectivity index (χ2n) is 8.48. The van der Waals surface area contributed by atoms with Crippen molar-refractivity contribution in [2.24, 2.45) is 5.92 Å². The van der Waals surface area contributed by atoms with Crippen LogP contribution in [0.25, 0.3) is 0 Å². The number of benzene rings is 1. The van der Waals surface area contributed by atoms with Gasteiger partial charge in [-0.25, -0.2) is 0 Å². The normalized spacial score (nSPS) is 20.3. The summed E-state index contributed by atoms with van der Waals surface area (Å²) in [7, 11) is 0. The lowest BCUT2D eigenvalue weighted by atomic mass is 10.1. The molecule has 0 radical (unpaired) electrons. The summed E-state index contributed by atoms with van der Waals surface area (Å²) in [5.74, 6) is -0.538. The van der Waals surface area contributed by atoms with Crippen LogP contribution in [0.15, 0.2) is 24.3 Å². The number of carbonyl (C=O) groups excluding carboxylic acids is 3. The third kappa shape index (κ3) is 7.13. The van der Waals surface area contributed by atoms with Crippen molar-refractivity contribution in [3.05, 3.63) is 29.8 Å². The van der Waals surface area contributed by atoms with E-state index >= 15 is 0 Å². The van der Waals surface area contributed by atoms with Crippen molar-refractivity contribution in [2.45, 2.75) is 45.3 Å². The molecule has 2 fully saturated rings. The summed E-state index contributed by atoms with van der Waals surface area (Å²) < 4.78 is 16.5. The first-order chi connectivity index (χ1) is 15.8. The summed E-state index contributed by atoms with van der Waals surface area (Å²) in [5, 5.41) is 5.49. The minimum atomic E-state index is -0.865. The van der Waals surface area contributed by atoms with Crippen LogP contribution in [0.2, 0.25) is 0 Å². The van der Waals surface area contributed by atoms with Gasteiger partial charge in [0, 0.05) is 19.7 Å². The van der Waals surface area contributed by atoms with Gasteiger partial charge in [0.05, 0.1) is 24.7 Å². The monoisotopic (exact) mass is 477 g/mol. The third-order valence-electron chi connectivity index (χ3n) is 5.33. The van der Waals surface area contributed by atoms with Crippen LogP contribution in [0.5, 0.6) is 5.75 Å². The number of nitrogens with one attached hydrogen (secondary N) is 2. The zero-order valence-electron chi connectivity index (χ0n) is 19.0. The summed E-state index contributed by atoms with van der Waals surface area (Å²) in [6, 6.07) is 6.04. The molecule has 2 amide bonds. The average molecular weight is 478 g/mol. The highest BCUT2D eigenvalue weighted by molar-refractivity contribution is 7.80. The van der Waals surface area contributed by atoms with Gasteiger partial charge in [0.2, 0.25) is 5.91 Å². The highest BCUT2D eigenvalue weighted by Crippen LogP contribution is 2.19. The van der Waals surface area contributed by atoms with E-state index < -0.39 is 17.9 Å². The van der Waals surface area contributed by atoms with Gasteiger partial charge >= 0.3 is 5.97 Å². The molecule has 2 aliphatic rings. The molecule has 0 bridgehead atoms. The fraction of sp³-hybridized carbons (Fsp3) is 0.565. The maximum Gasteiger partial charge on any atom is 0.308 e. The van der Waals surface area contributed by atoms with E-state index in [1.54, 1.807) is 29.2 Å². The van der Waals surface area contributed by atoms with E-state index in [9.17, 15) is 14.4 Å². The molecule has 0 spiro atoms. The van der Waals surface area contributed by atoms with Crippen LogP contribution in [0.1, 0.15) is 43.5 Å². The molecule has 33 heavy (non-hydrogen) atoms. The Kier molecular flexibility index (Phi) is 9.02. The predicted octanol–water partition coefficient (Wildman–Crippen LogP) is 1.65. The lowest BCUT2D eigenvalue weighted by Crippen LogP contribution is -2.60. The minimum absolute atomic E-state index is 0.0745. The number of thiocarbonyl (C=S) groups is 1. The largest absolute Gasteiger partial charge is 0.492 e. The van der Waals surface area contributed by atoms with E-state index in [4.69, 9.17) is 26.4 Å². The molecule has 1 aromatic carbocycles.